The van der Waals surface area contributed by atoms with Crippen molar-refractivity contribution in [1.82, 2.24) is 4.90 Å². The molecule has 2 atom stereocenters. The van der Waals surface area contributed by atoms with Crippen LogP contribution in [0, 0.1) is 0 Å². The Balaban J connectivity index is 1.67. The van der Waals surface area contributed by atoms with Gasteiger partial charge in [-0.15, -0.1) is 0 Å². The minimum atomic E-state index is -1.60. The topological polar surface area (TPSA) is 82.1 Å². The molecule has 0 fully saturated rings. The summed E-state index contributed by atoms with van der Waals surface area (Å²) >= 11 is 0. The van der Waals surface area contributed by atoms with Gasteiger partial charge >= 0.3 is 17.9 Å². The Labute approximate surface area is 292 Å². The molecule has 0 aliphatic heterocycles. The van der Waals surface area contributed by atoms with Gasteiger partial charge in [-0.05, 0) is 34.4 Å². The van der Waals surface area contributed by atoms with Gasteiger partial charge in [-0.25, -0.2) is 14.4 Å². The first-order valence-corrected chi connectivity index (χ1v) is 16.3. The Morgan fingerprint density at radius 2 is 1.12 bits per heavy atom. The zero-order chi connectivity index (χ0) is 34.9. The Kier molecular flexibility index (Phi) is 10.5. The second-order valence-electron chi connectivity index (χ2n) is 11.8. The molecule has 5 aromatic rings. The summed E-state index contributed by atoms with van der Waals surface area (Å²) in [6.07, 6.45) is 1.33. The van der Waals surface area contributed by atoms with Gasteiger partial charge in [0.25, 0.3) is 0 Å². The lowest BCUT2D eigenvalue weighted by Crippen LogP contribution is -2.53. The van der Waals surface area contributed by atoms with Crippen molar-refractivity contribution in [3.63, 3.8) is 0 Å². The van der Waals surface area contributed by atoms with E-state index in [0.717, 1.165) is 11.1 Å². The first-order valence-electron chi connectivity index (χ1n) is 16.3. The van der Waals surface area contributed by atoms with Crippen molar-refractivity contribution in [3.05, 3.63) is 197 Å². The van der Waals surface area contributed by atoms with Gasteiger partial charge in [0.2, 0.25) is 0 Å². The molecule has 0 saturated heterocycles. The molecule has 5 aromatic carbocycles. The maximum absolute atomic E-state index is 14.3. The van der Waals surface area contributed by atoms with Crippen molar-refractivity contribution in [2.24, 2.45) is 0 Å². The zero-order valence-electron chi connectivity index (χ0n) is 27.9. The van der Waals surface area contributed by atoms with Gasteiger partial charge in [-0.1, -0.05) is 140 Å². The highest BCUT2D eigenvalue weighted by Crippen LogP contribution is 2.60. The molecular weight excluding hydrogens is 626 g/mol. The number of carbonyl (C=O) groups is 3. The molecule has 50 heavy (non-hydrogen) atoms. The van der Waals surface area contributed by atoms with Crippen LogP contribution >= 0.6 is 0 Å². The van der Waals surface area contributed by atoms with Gasteiger partial charge in [-0.2, -0.15) is 0 Å². The predicted molar refractivity (Wildman–Crippen MR) is 191 cm³/mol. The summed E-state index contributed by atoms with van der Waals surface area (Å²) in [5, 5.41) is 0. The smallest absolute Gasteiger partial charge is 0.339 e. The first-order chi connectivity index (χ1) is 24.5. The van der Waals surface area contributed by atoms with E-state index in [0.29, 0.717) is 46.5 Å². The molecule has 0 unspecified atom stereocenters. The van der Waals surface area contributed by atoms with E-state index in [9.17, 15) is 14.4 Å². The van der Waals surface area contributed by atoms with E-state index in [1.54, 1.807) is 24.3 Å². The maximum Gasteiger partial charge on any atom is 0.339 e. The standard InChI is InChI=1S/C43H37NO6/c1-48-37(45)28-36-38(40(42(47)49-2)44(29-31-18-8-3-9-19-31)30-32-20-10-4-11-21-32)39(33-22-12-5-13-23-33)43(36,35-26-16-7-17-27-35)50-41(46)34-24-14-6-15-25-34/h3-28,40H,29-30H2,1-2H3/b36-28+/t40-,43-/m0/s1. The fourth-order valence-electron chi connectivity index (χ4n) is 6.54. The van der Waals surface area contributed by atoms with Crippen molar-refractivity contribution in [2.45, 2.75) is 24.7 Å². The van der Waals surface area contributed by atoms with Crippen molar-refractivity contribution in [1.29, 1.82) is 0 Å². The summed E-state index contributed by atoms with van der Waals surface area (Å²) < 4.78 is 17.4. The van der Waals surface area contributed by atoms with Crippen molar-refractivity contribution >= 4 is 23.5 Å². The molecule has 0 spiro atoms. The highest BCUT2D eigenvalue weighted by Gasteiger charge is 2.59. The molecule has 0 bridgehead atoms. The van der Waals surface area contributed by atoms with Crippen LogP contribution in [0.25, 0.3) is 5.57 Å². The lowest BCUT2D eigenvalue weighted by molar-refractivity contribution is -0.146. The van der Waals surface area contributed by atoms with Crippen LogP contribution in [0.1, 0.15) is 32.6 Å². The summed E-state index contributed by atoms with van der Waals surface area (Å²) in [7, 11) is 2.64. The molecule has 0 aromatic heterocycles. The number of hydrogen-bond donors (Lipinski definition) is 0. The van der Waals surface area contributed by atoms with Gasteiger partial charge < -0.3 is 14.2 Å². The van der Waals surface area contributed by atoms with E-state index >= 15 is 0 Å². The number of esters is 3. The summed E-state index contributed by atoms with van der Waals surface area (Å²) in [5.41, 5.74) is 3.36. The molecule has 0 radical (unpaired) electrons. The molecule has 1 aliphatic carbocycles. The highest BCUT2D eigenvalue weighted by molar-refractivity contribution is 6.03. The second-order valence-corrected chi connectivity index (χ2v) is 11.8. The molecule has 0 N–H and O–H groups in total. The number of nitrogens with zero attached hydrogens (tertiary/aromatic N) is 1. The quantitative estimate of drug-likeness (QED) is 0.0775. The molecular formula is C43H37NO6. The fourth-order valence-corrected chi connectivity index (χ4v) is 6.54. The molecule has 0 saturated carbocycles. The van der Waals surface area contributed by atoms with E-state index in [4.69, 9.17) is 14.2 Å². The van der Waals surface area contributed by atoms with Crippen molar-refractivity contribution in [2.75, 3.05) is 14.2 Å². The number of hydrogen-bond acceptors (Lipinski definition) is 7. The minimum Gasteiger partial charge on any atom is -0.468 e. The average Bonchev–Trinajstić information content (AvgIpc) is 3.17. The summed E-state index contributed by atoms with van der Waals surface area (Å²) in [4.78, 5) is 43.7. The summed E-state index contributed by atoms with van der Waals surface area (Å²) in [6.45, 7) is 0.740. The minimum absolute atomic E-state index is 0.320. The summed E-state index contributed by atoms with van der Waals surface area (Å²) in [5.74, 6) is -1.80. The molecule has 7 nitrogen and oxygen atoms in total. The van der Waals surface area contributed by atoms with E-state index in [1.165, 1.54) is 20.3 Å². The number of ether oxygens (including phenoxy) is 3. The third-order valence-electron chi connectivity index (χ3n) is 8.77. The lowest BCUT2D eigenvalue weighted by Gasteiger charge is -2.51. The molecule has 250 valence electrons. The average molecular weight is 664 g/mol. The van der Waals surface area contributed by atoms with Crippen LogP contribution in [-0.4, -0.2) is 43.1 Å². The highest BCUT2D eigenvalue weighted by atomic mass is 16.6. The van der Waals surface area contributed by atoms with Crippen LogP contribution in [0.5, 0.6) is 0 Å². The van der Waals surface area contributed by atoms with E-state index < -0.39 is 29.6 Å². The Morgan fingerprint density at radius 1 is 0.640 bits per heavy atom. The van der Waals surface area contributed by atoms with E-state index in [2.05, 4.69) is 0 Å². The van der Waals surface area contributed by atoms with Gasteiger partial charge in [0.1, 0.15) is 6.04 Å². The largest absolute Gasteiger partial charge is 0.468 e. The third-order valence-corrected chi connectivity index (χ3v) is 8.77. The Hall–Kier alpha value is -6.05. The monoisotopic (exact) mass is 663 g/mol. The zero-order valence-corrected chi connectivity index (χ0v) is 27.9. The van der Waals surface area contributed by atoms with Gasteiger partial charge in [-0.3, -0.25) is 4.90 Å². The Morgan fingerprint density at radius 3 is 1.62 bits per heavy atom. The lowest BCUT2D eigenvalue weighted by atomic mass is 9.60. The third kappa shape index (κ3) is 6.90. The fraction of sp³-hybridized carbons (Fsp3) is 0.140. The first kappa shape index (κ1) is 33.8. The van der Waals surface area contributed by atoms with E-state index in [-0.39, 0.29) is 0 Å². The van der Waals surface area contributed by atoms with Crippen LogP contribution in [0.2, 0.25) is 0 Å². The van der Waals surface area contributed by atoms with Crippen LogP contribution in [0.4, 0.5) is 0 Å². The van der Waals surface area contributed by atoms with Crippen molar-refractivity contribution < 1.29 is 28.6 Å². The van der Waals surface area contributed by atoms with Gasteiger partial charge in [0, 0.05) is 35.9 Å². The van der Waals surface area contributed by atoms with Crippen LogP contribution in [0.3, 0.4) is 0 Å². The number of carbonyl (C=O) groups excluding carboxylic acids is 3. The Bertz CT molecular complexity index is 1950. The predicted octanol–water partition coefficient (Wildman–Crippen LogP) is 7.55. The molecule has 1 aliphatic rings. The molecule has 6 rings (SSSR count). The van der Waals surface area contributed by atoms with Crippen LogP contribution in [0.15, 0.2) is 169 Å². The number of rotatable bonds is 12. The van der Waals surface area contributed by atoms with Gasteiger partial charge in [0.05, 0.1) is 19.8 Å². The normalized spacial score (nSPS) is 16.7. The maximum atomic E-state index is 14.3. The molecule has 0 heterocycles. The number of methoxy groups -OCH3 is 2. The summed E-state index contributed by atoms with van der Waals surface area (Å²) in [6, 6.07) is 46.1. The van der Waals surface area contributed by atoms with Crippen molar-refractivity contribution in [3.8, 4) is 0 Å². The van der Waals surface area contributed by atoms with Crippen LogP contribution in [-0.2, 0) is 42.5 Å². The second kappa shape index (κ2) is 15.4. The molecule has 7 heteroatoms. The van der Waals surface area contributed by atoms with Crippen LogP contribution < -0.4 is 0 Å². The SMILES string of the molecule is COC(=O)/C=C1\C([C@@H](C(=O)OC)N(Cc2ccccc2)Cc2ccccc2)=C(c2ccccc2)[C@]1(OC(=O)c1ccccc1)c1ccccc1. The number of benzene rings is 5. The van der Waals surface area contributed by atoms with Gasteiger partial charge in [0.15, 0.2) is 5.60 Å². The molecule has 0 amide bonds. The van der Waals surface area contributed by atoms with E-state index in [1.807, 2.05) is 132 Å².